The maximum Gasteiger partial charge on any atom is 0.387 e. The van der Waals surface area contributed by atoms with Gasteiger partial charge in [0, 0.05) is 31.1 Å². The lowest BCUT2D eigenvalue weighted by Crippen LogP contribution is -2.41. The standard InChI is InChI=1S/C19H28F2N4O3/c1-3-22-19(24-11-10-23-17(26)13-8-9-13)25-12-14-6-5-7-15(27-4-2)16(14)28-18(20)21/h5-7,13,18H,3-4,8-12H2,1-2H3,(H,23,26)(H2,22,24,25). The minimum absolute atomic E-state index is 0.00403. The predicted octanol–water partition coefficient (Wildman–Crippen LogP) is 2.27. The van der Waals surface area contributed by atoms with Crippen molar-refractivity contribution in [3.8, 4) is 11.5 Å². The second-order valence-corrected chi connectivity index (χ2v) is 6.24. The zero-order chi connectivity index (χ0) is 20.4. The summed E-state index contributed by atoms with van der Waals surface area (Å²) in [4.78, 5) is 16.0. The number of halogens is 2. The second-order valence-electron chi connectivity index (χ2n) is 6.24. The van der Waals surface area contributed by atoms with E-state index in [4.69, 9.17) is 4.74 Å². The lowest BCUT2D eigenvalue weighted by atomic mass is 10.2. The summed E-state index contributed by atoms with van der Waals surface area (Å²) in [6.45, 7) is 2.84. The number of carbonyl (C=O) groups excluding carboxylic acids is 1. The Morgan fingerprint density at radius 2 is 1.96 bits per heavy atom. The van der Waals surface area contributed by atoms with Crippen LogP contribution < -0.4 is 25.4 Å². The number of alkyl halides is 2. The van der Waals surface area contributed by atoms with Gasteiger partial charge in [0.15, 0.2) is 17.5 Å². The average molecular weight is 398 g/mol. The number of benzene rings is 1. The molecule has 1 fully saturated rings. The van der Waals surface area contributed by atoms with Crippen LogP contribution in [0.4, 0.5) is 8.78 Å². The molecule has 28 heavy (non-hydrogen) atoms. The Morgan fingerprint density at radius 3 is 2.61 bits per heavy atom. The largest absolute Gasteiger partial charge is 0.490 e. The molecular formula is C19H28F2N4O3. The molecule has 1 amide bonds. The Hall–Kier alpha value is -2.58. The Morgan fingerprint density at radius 1 is 1.21 bits per heavy atom. The molecule has 0 bridgehead atoms. The smallest absolute Gasteiger partial charge is 0.387 e. The first-order valence-corrected chi connectivity index (χ1v) is 9.54. The molecule has 0 atom stereocenters. The molecular weight excluding hydrogens is 370 g/mol. The molecule has 9 heteroatoms. The monoisotopic (exact) mass is 398 g/mol. The van der Waals surface area contributed by atoms with Crippen molar-refractivity contribution in [2.24, 2.45) is 10.9 Å². The van der Waals surface area contributed by atoms with Crippen LogP contribution in [0.2, 0.25) is 0 Å². The lowest BCUT2D eigenvalue weighted by molar-refractivity contribution is -0.122. The van der Waals surface area contributed by atoms with E-state index in [1.807, 2.05) is 6.92 Å². The summed E-state index contributed by atoms with van der Waals surface area (Å²) in [5, 5.41) is 9.06. The summed E-state index contributed by atoms with van der Waals surface area (Å²) in [7, 11) is 0. The van der Waals surface area contributed by atoms with Crippen LogP contribution in [-0.4, -0.2) is 44.7 Å². The predicted molar refractivity (Wildman–Crippen MR) is 103 cm³/mol. The molecule has 1 aliphatic carbocycles. The van der Waals surface area contributed by atoms with Crippen molar-refractivity contribution < 1.29 is 23.0 Å². The summed E-state index contributed by atoms with van der Waals surface area (Å²) in [6, 6.07) is 4.96. The number of guanidine groups is 1. The Kier molecular flexibility index (Phi) is 8.77. The number of para-hydroxylation sites is 1. The van der Waals surface area contributed by atoms with Crippen LogP contribution >= 0.6 is 0 Å². The zero-order valence-corrected chi connectivity index (χ0v) is 16.3. The Bertz CT molecular complexity index is 667. The average Bonchev–Trinajstić information content (AvgIpc) is 3.50. The number of rotatable bonds is 11. The number of aliphatic imine (C=N–C) groups is 1. The third kappa shape index (κ3) is 7.21. The number of carbonyl (C=O) groups is 1. The van der Waals surface area contributed by atoms with Gasteiger partial charge in [-0.05, 0) is 32.8 Å². The molecule has 1 aliphatic rings. The molecule has 0 radical (unpaired) electrons. The number of nitrogens with one attached hydrogen (secondary N) is 3. The molecule has 0 aromatic heterocycles. The van der Waals surface area contributed by atoms with Gasteiger partial charge in [-0.2, -0.15) is 8.78 Å². The second kappa shape index (κ2) is 11.3. The van der Waals surface area contributed by atoms with Gasteiger partial charge >= 0.3 is 6.61 Å². The fourth-order valence-electron chi connectivity index (χ4n) is 2.54. The van der Waals surface area contributed by atoms with Crippen molar-refractivity contribution in [2.75, 3.05) is 26.2 Å². The summed E-state index contributed by atoms with van der Waals surface area (Å²) in [5.41, 5.74) is 0.491. The van der Waals surface area contributed by atoms with E-state index in [9.17, 15) is 13.6 Å². The van der Waals surface area contributed by atoms with E-state index >= 15 is 0 Å². The molecule has 0 unspecified atom stereocenters. The van der Waals surface area contributed by atoms with Crippen molar-refractivity contribution in [1.82, 2.24) is 16.0 Å². The number of amides is 1. The van der Waals surface area contributed by atoms with Gasteiger partial charge in [-0.1, -0.05) is 12.1 Å². The van der Waals surface area contributed by atoms with Crippen LogP contribution in [0.3, 0.4) is 0 Å². The van der Waals surface area contributed by atoms with Crippen molar-refractivity contribution in [3.63, 3.8) is 0 Å². The molecule has 0 heterocycles. The molecule has 156 valence electrons. The molecule has 1 aromatic carbocycles. The number of hydrogen-bond acceptors (Lipinski definition) is 4. The van der Waals surface area contributed by atoms with E-state index in [-0.39, 0.29) is 29.9 Å². The fraction of sp³-hybridized carbons (Fsp3) is 0.579. The molecule has 3 N–H and O–H groups in total. The minimum Gasteiger partial charge on any atom is -0.490 e. The van der Waals surface area contributed by atoms with Gasteiger partial charge in [-0.25, -0.2) is 4.99 Å². The van der Waals surface area contributed by atoms with Gasteiger partial charge in [0.05, 0.1) is 13.2 Å². The molecule has 0 saturated heterocycles. The van der Waals surface area contributed by atoms with E-state index in [1.54, 1.807) is 25.1 Å². The van der Waals surface area contributed by atoms with Crippen molar-refractivity contribution >= 4 is 11.9 Å². The maximum atomic E-state index is 12.8. The highest BCUT2D eigenvalue weighted by atomic mass is 19.3. The number of hydrogen-bond donors (Lipinski definition) is 3. The maximum absolute atomic E-state index is 12.8. The molecule has 2 rings (SSSR count). The minimum atomic E-state index is -2.95. The molecule has 0 aliphatic heterocycles. The topological polar surface area (TPSA) is 84.0 Å². The SMILES string of the molecule is CCNC(=NCc1cccc(OCC)c1OC(F)F)NCCNC(=O)C1CC1. The van der Waals surface area contributed by atoms with Crippen LogP contribution in [0.15, 0.2) is 23.2 Å². The van der Waals surface area contributed by atoms with E-state index in [0.29, 0.717) is 37.8 Å². The summed E-state index contributed by atoms with van der Waals surface area (Å²) in [6.07, 6.45) is 1.93. The van der Waals surface area contributed by atoms with Crippen molar-refractivity contribution in [2.45, 2.75) is 39.8 Å². The van der Waals surface area contributed by atoms with Crippen molar-refractivity contribution in [3.05, 3.63) is 23.8 Å². The molecule has 1 saturated carbocycles. The third-order valence-electron chi connectivity index (χ3n) is 3.98. The Labute approximate surface area is 163 Å². The summed E-state index contributed by atoms with van der Waals surface area (Å²) in [5.74, 6) is 1.04. The normalized spacial score (nSPS) is 14.0. The van der Waals surface area contributed by atoms with Crippen LogP contribution in [0.25, 0.3) is 0 Å². The fourth-order valence-corrected chi connectivity index (χ4v) is 2.54. The van der Waals surface area contributed by atoms with E-state index < -0.39 is 6.61 Å². The lowest BCUT2D eigenvalue weighted by Gasteiger charge is -2.15. The van der Waals surface area contributed by atoms with Crippen LogP contribution in [0.5, 0.6) is 11.5 Å². The van der Waals surface area contributed by atoms with Gasteiger partial charge in [0.1, 0.15) is 0 Å². The first kappa shape index (κ1) is 21.7. The first-order valence-electron chi connectivity index (χ1n) is 9.54. The number of ether oxygens (including phenoxy) is 2. The van der Waals surface area contributed by atoms with Gasteiger partial charge in [-0.15, -0.1) is 0 Å². The molecule has 7 nitrogen and oxygen atoms in total. The third-order valence-corrected chi connectivity index (χ3v) is 3.98. The highest BCUT2D eigenvalue weighted by Crippen LogP contribution is 2.33. The molecule has 1 aromatic rings. The van der Waals surface area contributed by atoms with E-state index in [0.717, 1.165) is 12.8 Å². The van der Waals surface area contributed by atoms with Gasteiger partial charge in [-0.3, -0.25) is 4.79 Å². The van der Waals surface area contributed by atoms with E-state index in [1.165, 1.54) is 0 Å². The first-order chi connectivity index (χ1) is 13.5. The highest BCUT2D eigenvalue weighted by molar-refractivity contribution is 5.81. The van der Waals surface area contributed by atoms with Gasteiger partial charge in [0.25, 0.3) is 0 Å². The highest BCUT2D eigenvalue weighted by Gasteiger charge is 2.28. The summed E-state index contributed by atoms with van der Waals surface area (Å²) >= 11 is 0. The van der Waals surface area contributed by atoms with Crippen LogP contribution in [0, 0.1) is 5.92 Å². The van der Waals surface area contributed by atoms with Crippen LogP contribution in [-0.2, 0) is 11.3 Å². The van der Waals surface area contributed by atoms with Gasteiger partial charge in [0.2, 0.25) is 5.91 Å². The van der Waals surface area contributed by atoms with Crippen LogP contribution in [0.1, 0.15) is 32.3 Å². The summed E-state index contributed by atoms with van der Waals surface area (Å²) < 4.78 is 35.6. The molecule has 0 spiro atoms. The van der Waals surface area contributed by atoms with E-state index in [2.05, 4.69) is 25.7 Å². The van der Waals surface area contributed by atoms with Crippen molar-refractivity contribution in [1.29, 1.82) is 0 Å². The quantitative estimate of drug-likeness (QED) is 0.303. The Balaban J connectivity index is 1.97. The van der Waals surface area contributed by atoms with Gasteiger partial charge < -0.3 is 25.4 Å². The zero-order valence-electron chi connectivity index (χ0n) is 16.3. The number of nitrogens with zero attached hydrogens (tertiary/aromatic N) is 1.